The van der Waals surface area contributed by atoms with Crippen LogP contribution in [0.25, 0.3) is 0 Å². The van der Waals surface area contributed by atoms with Gasteiger partial charge in [-0.3, -0.25) is 4.90 Å². The molecule has 0 radical (unpaired) electrons. The van der Waals surface area contributed by atoms with Gasteiger partial charge in [-0.05, 0) is 33.6 Å². The minimum absolute atomic E-state index is 0.615. The van der Waals surface area contributed by atoms with Gasteiger partial charge in [-0.2, -0.15) is 0 Å². The van der Waals surface area contributed by atoms with E-state index in [9.17, 15) is 8.78 Å². The molecular weight excluding hydrogens is 318 g/mol. The quantitative estimate of drug-likeness (QED) is 0.916. The molecule has 6 heteroatoms. The van der Waals surface area contributed by atoms with Gasteiger partial charge < -0.3 is 10.1 Å². The van der Waals surface area contributed by atoms with Gasteiger partial charge in [0.25, 0.3) is 6.43 Å². The van der Waals surface area contributed by atoms with E-state index >= 15 is 0 Å². The van der Waals surface area contributed by atoms with Crippen molar-refractivity contribution in [2.45, 2.75) is 12.5 Å². The van der Waals surface area contributed by atoms with Crippen molar-refractivity contribution in [2.75, 3.05) is 33.3 Å². The van der Waals surface area contributed by atoms with E-state index in [4.69, 9.17) is 4.74 Å². The second-order valence-corrected chi connectivity index (χ2v) is 5.31. The first-order chi connectivity index (χ1) is 9.13. The molecule has 0 spiro atoms. The van der Waals surface area contributed by atoms with Gasteiger partial charge in [0, 0.05) is 26.2 Å². The van der Waals surface area contributed by atoms with Crippen LogP contribution in [0.5, 0.6) is 5.75 Å². The Morgan fingerprint density at radius 2 is 2.00 bits per heavy atom. The second-order valence-electron chi connectivity index (χ2n) is 4.46. The van der Waals surface area contributed by atoms with Gasteiger partial charge >= 0.3 is 0 Å². The molecule has 0 saturated carbocycles. The number of ether oxygens (including phenoxy) is 1. The monoisotopic (exact) mass is 334 g/mol. The van der Waals surface area contributed by atoms with Crippen LogP contribution >= 0.6 is 15.9 Å². The lowest BCUT2D eigenvalue weighted by atomic mass is 10.0. The molecule has 1 N–H and O–H groups in total. The van der Waals surface area contributed by atoms with Crippen LogP contribution in [0.3, 0.4) is 0 Å². The molecule has 0 aromatic heterocycles. The van der Waals surface area contributed by atoms with Crippen molar-refractivity contribution >= 4 is 15.9 Å². The van der Waals surface area contributed by atoms with Crippen LogP contribution in [-0.2, 0) is 0 Å². The normalized spacial score (nSPS) is 18.6. The van der Waals surface area contributed by atoms with Crippen molar-refractivity contribution in [3.63, 3.8) is 0 Å². The lowest BCUT2D eigenvalue weighted by molar-refractivity contribution is 0.0181. The zero-order valence-corrected chi connectivity index (χ0v) is 12.3. The molecule has 1 aromatic carbocycles. The predicted octanol–water partition coefficient (Wildman–Crippen LogP) is 2.67. The Hall–Kier alpha value is -0.720. The van der Waals surface area contributed by atoms with Crippen molar-refractivity contribution in [1.82, 2.24) is 10.2 Å². The number of hydrogen-bond donors (Lipinski definition) is 1. The summed E-state index contributed by atoms with van der Waals surface area (Å²) < 4.78 is 32.6. The summed E-state index contributed by atoms with van der Waals surface area (Å²) in [5, 5.41) is 3.17. The number of nitrogens with zero attached hydrogens (tertiary/aromatic N) is 1. The lowest BCUT2D eigenvalue weighted by Gasteiger charge is -2.34. The third kappa shape index (κ3) is 3.43. The fraction of sp³-hybridized carbons (Fsp3) is 0.538. The van der Waals surface area contributed by atoms with E-state index in [2.05, 4.69) is 21.2 Å². The number of nitrogens with one attached hydrogen (secondary N) is 1. The maximum absolute atomic E-state index is 13.4. The number of hydrogen-bond acceptors (Lipinski definition) is 3. The van der Waals surface area contributed by atoms with Crippen LogP contribution in [0.15, 0.2) is 22.7 Å². The summed E-state index contributed by atoms with van der Waals surface area (Å²) in [6.45, 7) is 2.78. The first kappa shape index (κ1) is 14.7. The summed E-state index contributed by atoms with van der Waals surface area (Å²) in [6.07, 6.45) is -2.40. The summed E-state index contributed by atoms with van der Waals surface area (Å²) >= 11 is 3.35. The van der Waals surface area contributed by atoms with Crippen LogP contribution in [0.4, 0.5) is 8.78 Å². The molecule has 106 valence electrons. The largest absolute Gasteiger partial charge is 0.496 e. The van der Waals surface area contributed by atoms with E-state index in [1.807, 2.05) is 4.90 Å². The van der Waals surface area contributed by atoms with Crippen molar-refractivity contribution in [1.29, 1.82) is 0 Å². The number of halogens is 3. The minimum atomic E-state index is -2.40. The average molecular weight is 335 g/mol. The van der Waals surface area contributed by atoms with Crippen LogP contribution in [0, 0.1) is 0 Å². The maximum Gasteiger partial charge on any atom is 0.258 e. The smallest absolute Gasteiger partial charge is 0.258 e. The molecule has 19 heavy (non-hydrogen) atoms. The maximum atomic E-state index is 13.4. The Bertz CT molecular complexity index is 425. The number of rotatable bonds is 4. The summed E-state index contributed by atoms with van der Waals surface area (Å²) in [5.41, 5.74) is 0.615. The third-order valence-electron chi connectivity index (χ3n) is 3.30. The van der Waals surface area contributed by atoms with Crippen LogP contribution < -0.4 is 10.1 Å². The standard InChI is InChI=1S/C13H17BrF2N2O/c1-19-11-3-2-9(8-10(11)14)12(13(15)16)18-6-4-17-5-7-18/h2-3,8,12-13,17H,4-7H2,1H3/t12-/m0/s1. The van der Waals surface area contributed by atoms with Gasteiger partial charge in [0.2, 0.25) is 0 Å². The van der Waals surface area contributed by atoms with Crippen LogP contribution in [0.2, 0.25) is 0 Å². The zero-order chi connectivity index (χ0) is 13.8. The number of alkyl halides is 2. The van der Waals surface area contributed by atoms with Gasteiger partial charge in [0.1, 0.15) is 5.75 Å². The van der Waals surface area contributed by atoms with Crippen molar-refractivity contribution in [3.05, 3.63) is 28.2 Å². The van der Waals surface area contributed by atoms with Gasteiger partial charge in [-0.1, -0.05) is 6.07 Å². The highest BCUT2D eigenvalue weighted by Gasteiger charge is 2.30. The van der Waals surface area contributed by atoms with Crippen LogP contribution in [0.1, 0.15) is 11.6 Å². The van der Waals surface area contributed by atoms with E-state index in [0.717, 1.165) is 13.1 Å². The lowest BCUT2D eigenvalue weighted by Crippen LogP contribution is -2.46. The highest BCUT2D eigenvalue weighted by atomic mass is 79.9. The van der Waals surface area contributed by atoms with Crippen LogP contribution in [-0.4, -0.2) is 44.6 Å². The molecule has 1 aromatic rings. The molecular formula is C13H17BrF2N2O. The predicted molar refractivity (Wildman–Crippen MR) is 73.9 cm³/mol. The van der Waals surface area contributed by atoms with Gasteiger partial charge in [0.05, 0.1) is 17.6 Å². The molecule has 1 fully saturated rings. The molecule has 0 amide bonds. The molecule has 1 heterocycles. The number of methoxy groups -OCH3 is 1. The van der Waals surface area contributed by atoms with Crippen molar-refractivity contribution < 1.29 is 13.5 Å². The molecule has 1 aliphatic heterocycles. The highest BCUT2D eigenvalue weighted by Crippen LogP contribution is 2.33. The van der Waals surface area contributed by atoms with E-state index in [0.29, 0.717) is 28.9 Å². The molecule has 0 bridgehead atoms. The van der Waals surface area contributed by atoms with Crippen molar-refractivity contribution in [2.24, 2.45) is 0 Å². The van der Waals surface area contributed by atoms with Gasteiger partial charge in [-0.15, -0.1) is 0 Å². The summed E-state index contributed by atoms with van der Waals surface area (Å²) in [5.74, 6) is 0.650. The second kappa shape index (κ2) is 6.63. The number of piperazine rings is 1. The van der Waals surface area contributed by atoms with E-state index in [1.54, 1.807) is 25.3 Å². The molecule has 1 saturated heterocycles. The number of benzene rings is 1. The zero-order valence-electron chi connectivity index (χ0n) is 10.7. The molecule has 0 aliphatic carbocycles. The SMILES string of the molecule is COc1ccc([C@@H](C(F)F)N2CCNCC2)cc1Br. The topological polar surface area (TPSA) is 24.5 Å². The molecule has 1 aliphatic rings. The Labute approximate surface area is 120 Å². The minimum Gasteiger partial charge on any atom is -0.496 e. The van der Waals surface area contributed by atoms with E-state index in [-0.39, 0.29) is 0 Å². The molecule has 2 rings (SSSR count). The first-order valence-corrected chi connectivity index (χ1v) is 6.99. The van der Waals surface area contributed by atoms with E-state index < -0.39 is 12.5 Å². The average Bonchev–Trinajstić information content (AvgIpc) is 2.40. The Morgan fingerprint density at radius 3 is 2.53 bits per heavy atom. The molecule has 3 nitrogen and oxygen atoms in total. The Kier molecular flexibility index (Phi) is 5.13. The summed E-state index contributed by atoms with van der Waals surface area (Å²) in [7, 11) is 1.56. The third-order valence-corrected chi connectivity index (χ3v) is 3.92. The van der Waals surface area contributed by atoms with Gasteiger partial charge in [-0.25, -0.2) is 8.78 Å². The summed E-state index contributed by atoms with van der Waals surface area (Å²) in [4.78, 5) is 1.83. The highest BCUT2D eigenvalue weighted by molar-refractivity contribution is 9.10. The fourth-order valence-electron chi connectivity index (χ4n) is 2.34. The molecule has 0 unspecified atom stereocenters. The molecule has 1 atom stereocenters. The first-order valence-electron chi connectivity index (χ1n) is 6.20. The van der Waals surface area contributed by atoms with Gasteiger partial charge in [0.15, 0.2) is 0 Å². The Balaban J connectivity index is 2.25. The Morgan fingerprint density at radius 1 is 1.32 bits per heavy atom. The summed E-state index contributed by atoms with van der Waals surface area (Å²) in [6, 6.07) is 4.29. The van der Waals surface area contributed by atoms with Crippen molar-refractivity contribution in [3.8, 4) is 5.75 Å². The fourth-order valence-corrected chi connectivity index (χ4v) is 2.90. The van der Waals surface area contributed by atoms with E-state index in [1.165, 1.54) is 0 Å².